The van der Waals surface area contributed by atoms with Crippen LogP contribution in [0.2, 0.25) is 0 Å². The van der Waals surface area contributed by atoms with E-state index in [1.165, 1.54) is 12.1 Å². The molecule has 2 rings (SSSR count). The molecule has 2 aromatic carbocycles. The predicted octanol–water partition coefficient (Wildman–Crippen LogP) is 2.45. The molecule has 0 aliphatic rings. The minimum absolute atomic E-state index is 0.138. The van der Waals surface area contributed by atoms with Gasteiger partial charge in [0.1, 0.15) is 5.75 Å². The van der Waals surface area contributed by atoms with E-state index in [-0.39, 0.29) is 11.0 Å². The van der Waals surface area contributed by atoms with Gasteiger partial charge < -0.3 is 10.1 Å². The van der Waals surface area contributed by atoms with Crippen LogP contribution in [0.5, 0.6) is 5.75 Å². The van der Waals surface area contributed by atoms with Gasteiger partial charge in [-0.2, -0.15) is 0 Å². The zero-order chi connectivity index (χ0) is 17.6. The molecule has 0 amide bonds. The first-order chi connectivity index (χ1) is 11.4. The Kier molecular flexibility index (Phi) is 6.36. The molecule has 0 radical (unpaired) electrons. The minimum Gasteiger partial charge on any atom is -0.491 e. The van der Waals surface area contributed by atoms with E-state index in [2.05, 4.69) is 5.32 Å². The Morgan fingerprint density at radius 2 is 1.75 bits per heavy atom. The third kappa shape index (κ3) is 5.63. The first-order valence-electron chi connectivity index (χ1n) is 7.93. The summed E-state index contributed by atoms with van der Waals surface area (Å²) < 4.78 is 28.2. The zero-order valence-corrected chi connectivity index (χ0v) is 14.8. The summed E-state index contributed by atoms with van der Waals surface area (Å²) in [5.41, 5.74) is 2.18. The fourth-order valence-electron chi connectivity index (χ4n) is 2.32. The van der Waals surface area contributed by atoms with Gasteiger partial charge in [-0.3, -0.25) is 0 Å². The lowest BCUT2D eigenvalue weighted by atomic mass is 10.1. The van der Waals surface area contributed by atoms with Crippen LogP contribution < -0.4 is 15.2 Å². The van der Waals surface area contributed by atoms with Crippen molar-refractivity contribution >= 4 is 10.0 Å². The molecule has 0 saturated carbocycles. The molecular formula is C18H24N2O3S. The van der Waals surface area contributed by atoms with E-state index < -0.39 is 10.0 Å². The van der Waals surface area contributed by atoms with Gasteiger partial charge in [0, 0.05) is 12.1 Å². The van der Waals surface area contributed by atoms with Crippen molar-refractivity contribution in [1.29, 1.82) is 0 Å². The number of nitrogens with two attached hydrogens (primary N) is 1. The SMILES string of the molecule is CC(C)Oc1ccccc1CNCCc1ccc(S(N)(=O)=O)cc1. The number of ether oxygens (including phenoxy) is 1. The van der Waals surface area contributed by atoms with Crippen LogP contribution in [0.4, 0.5) is 0 Å². The molecule has 24 heavy (non-hydrogen) atoms. The number of hydrogen-bond donors (Lipinski definition) is 2. The molecule has 0 saturated heterocycles. The highest BCUT2D eigenvalue weighted by Gasteiger charge is 2.07. The van der Waals surface area contributed by atoms with Crippen LogP contribution in [0, 0.1) is 0 Å². The van der Waals surface area contributed by atoms with Crippen LogP contribution in [-0.2, 0) is 23.0 Å². The van der Waals surface area contributed by atoms with Gasteiger partial charge in [0.05, 0.1) is 11.0 Å². The van der Waals surface area contributed by atoms with E-state index in [0.29, 0.717) is 0 Å². The number of benzene rings is 2. The largest absolute Gasteiger partial charge is 0.491 e. The number of rotatable bonds is 8. The van der Waals surface area contributed by atoms with Crippen molar-refractivity contribution in [2.75, 3.05) is 6.54 Å². The molecule has 3 N–H and O–H groups in total. The van der Waals surface area contributed by atoms with Crippen molar-refractivity contribution < 1.29 is 13.2 Å². The summed E-state index contributed by atoms with van der Waals surface area (Å²) in [6, 6.07) is 14.6. The number of sulfonamides is 1. The van der Waals surface area contributed by atoms with E-state index in [4.69, 9.17) is 9.88 Å². The lowest BCUT2D eigenvalue weighted by Gasteiger charge is -2.14. The Morgan fingerprint density at radius 1 is 1.08 bits per heavy atom. The van der Waals surface area contributed by atoms with Crippen molar-refractivity contribution in [3.05, 3.63) is 59.7 Å². The summed E-state index contributed by atoms with van der Waals surface area (Å²) in [4.78, 5) is 0.138. The van der Waals surface area contributed by atoms with Gasteiger partial charge in [-0.1, -0.05) is 30.3 Å². The van der Waals surface area contributed by atoms with Crippen molar-refractivity contribution in [3.8, 4) is 5.75 Å². The molecule has 0 aliphatic carbocycles. The van der Waals surface area contributed by atoms with E-state index in [1.807, 2.05) is 38.1 Å². The maximum absolute atomic E-state index is 11.2. The Hall–Kier alpha value is -1.89. The molecule has 2 aromatic rings. The average molecular weight is 348 g/mol. The normalized spacial score (nSPS) is 11.7. The summed E-state index contributed by atoms with van der Waals surface area (Å²) in [6.45, 7) is 5.52. The van der Waals surface area contributed by atoms with E-state index >= 15 is 0 Å². The van der Waals surface area contributed by atoms with Crippen molar-refractivity contribution in [2.45, 2.75) is 37.8 Å². The zero-order valence-electron chi connectivity index (χ0n) is 14.0. The van der Waals surface area contributed by atoms with Gasteiger partial charge >= 0.3 is 0 Å². The van der Waals surface area contributed by atoms with Crippen LogP contribution in [0.15, 0.2) is 53.4 Å². The summed E-state index contributed by atoms with van der Waals surface area (Å²) in [6.07, 6.45) is 0.946. The highest BCUT2D eigenvalue weighted by atomic mass is 32.2. The van der Waals surface area contributed by atoms with Gasteiger partial charge in [-0.15, -0.1) is 0 Å². The average Bonchev–Trinajstić information content (AvgIpc) is 2.52. The van der Waals surface area contributed by atoms with Gasteiger partial charge in [0.15, 0.2) is 0 Å². The second-order valence-corrected chi connectivity index (χ2v) is 7.45. The molecule has 5 nitrogen and oxygen atoms in total. The van der Waals surface area contributed by atoms with Gasteiger partial charge in [0.2, 0.25) is 10.0 Å². The minimum atomic E-state index is -3.63. The molecule has 0 atom stereocenters. The van der Waals surface area contributed by atoms with E-state index in [1.54, 1.807) is 12.1 Å². The van der Waals surface area contributed by atoms with E-state index in [9.17, 15) is 8.42 Å². The van der Waals surface area contributed by atoms with Crippen LogP contribution in [0.25, 0.3) is 0 Å². The predicted molar refractivity (Wildman–Crippen MR) is 95.4 cm³/mol. The first-order valence-corrected chi connectivity index (χ1v) is 9.48. The molecule has 0 aliphatic heterocycles. The number of nitrogens with one attached hydrogen (secondary N) is 1. The third-order valence-electron chi connectivity index (χ3n) is 3.49. The standard InChI is InChI=1S/C18H24N2O3S/c1-14(2)23-18-6-4-3-5-16(18)13-20-12-11-15-7-9-17(10-8-15)24(19,21)22/h3-10,14,20H,11-13H2,1-2H3,(H2,19,21,22). The molecule has 0 aromatic heterocycles. The summed E-state index contributed by atoms with van der Waals surface area (Å²) in [7, 11) is -3.63. The quantitative estimate of drug-likeness (QED) is 0.718. The monoisotopic (exact) mass is 348 g/mol. The second-order valence-electron chi connectivity index (χ2n) is 5.89. The lowest BCUT2D eigenvalue weighted by molar-refractivity contribution is 0.239. The maximum Gasteiger partial charge on any atom is 0.238 e. The van der Waals surface area contributed by atoms with Crippen molar-refractivity contribution in [3.63, 3.8) is 0 Å². The third-order valence-corrected chi connectivity index (χ3v) is 4.42. The maximum atomic E-state index is 11.2. The molecule has 130 valence electrons. The second kappa shape index (κ2) is 8.28. The van der Waals surface area contributed by atoms with Crippen LogP contribution in [-0.4, -0.2) is 21.1 Å². The smallest absolute Gasteiger partial charge is 0.238 e. The van der Waals surface area contributed by atoms with Crippen LogP contribution >= 0.6 is 0 Å². The molecule has 0 unspecified atom stereocenters. The Labute approximate surface area is 143 Å². The molecule has 0 bridgehead atoms. The molecule has 0 spiro atoms. The van der Waals surface area contributed by atoms with Gasteiger partial charge in [-0.25, -0.2) is 13.6 Å². The fourth-order valence-corrected chi connectivity index (χ4v) is 2.84. The highest BCUT2D eigenvalue weighted by molar-refractivity contribution is 7.89. The van der Waals surface area contributed by atoms with Gasteiger partial charge in [-0.05, 0) is 50.6 Å². The summed E-state index contributed by atoms with van der Waals surface area (Å²) in [5.74, 6) is 0.900. The van der Waals surface area contributed by atoms with Crippen molar-refractivity contribution in [2.24, 2.45) is 5.14 Å². The number of para-hydroxylation sites is 1. The first kappa shape index (κ1) is 18.4. The van der Waals surface area contributed by atoms with Crippen LogP contribution in [0.3, 0.4) is 0 Å². The fraction of sp³-hybridized carbons (Fsp3) is 0.333. The molecular weight excluding hydrogens is 324 g/mol. The summed E-state index contributed by atoms with van der Waals surface area (Å²) >= 11 is 0. The Bertz CT molecular complexity index is 756. The molecule has 0 fully saturated rings. The van der Waals surface area contributed by atoms with Gasteiger partial charge in [0.25, 0.3) is 0 Å². The molecule has 6 heteroatoms. The molecule has 0 heterocycles. The lowest BCUT2D eigenvalue weighted by Crippen LogP contribution is -2.18. The highest BCUT2D eigenvalue weighted by Crippen LogP contribution is 2.19. The topological polar surface area (TPSA) is 81.4 Å². The van der Waals surface area contributed by atoms with Crippen LogP contribution in [0.1, 0.15) is 25.0 Å². The number of hydrogen-bond acceptors (Lipinski definition) is 4. The Morgan fingerprint density at radius 3 is 2.38 bits per heavy atom. The Balaban J connectivity index is 1.85. The summed E-state index contributed by atoms with van der Waals surface area (Å²) in [5, 5.41) is 8.48. The van der Waals surface area contributed by atoms with E-state index in [0.717, 1.165) is 36.4 Å². The van der Waals surface area contributed by atoms with Crippen molar-refractivity contribution in [1.82, 2.24) is 5.32 Å². The number of primary sulfonamides is 1.